The van der Waals surface area contributed by atoms with E-state index >= 15 is 0 Å². The SMILES string of the molecule is CNc1cc(Oc2cccc(CO)c2)nc(C2CC2)n1. The molecule has 104 valence electrons. The molecule has 0 bridgehead atoms. The molecular formula is C15H17N3O2. The van der Waals surface area contributed by atoms with Crippen LogP contribution >= 0.6 is 0 Å². The van der Waals surface area contributed by atoms with Gasteiger partial charge in [-0.2, -0.15) is 4.98 Å². The second-order valence-electron chi connectivity index (χ2n) is 4.88. The molecule has 20 heavy (non-hydrogen) atoms. The molecule has 0 atom stereocenters. The van der Waals surface area contributed by atoms with E-state index in [0.717, 1.165) is 30.0 Å². The van der Waals surface area contributed by atoms with Gasteiger partial charge < -0.3 is 15.2 Å². The highest BCUT2D eigenvalue weighted by Crippen LogP contribution is 2.39. The molecule has 1 aliphatic rings. The molecule has 1 aliphatic carbocycles. The Balaban J connectivity index is 1.86. The lowest BCUT2D eigenvalue weighted by atomic mass is 10.2. The maximum atomic E-state index is 9.14. The van der Waals surface area contributed by atoms with Gasteiger partial charge in [-0.15, -0.1) is 0 Å². The number of nitrogens with zero attached hydrogens (tertiary/aromatic N) is 2. The first kappa shape index (κ1) is 12.9. The smallest absolute Gasteiger partial charge is 0.224 e. The van der Waals surface area contributed by atoms with Crippen molar-refractivity contribution in [2.75, 3.05) is 12.4 Å². The van der Waals surface area contributed by atoms with Crippen molar-refractivity contribution in [2.24, 2.45) is 0 Å². The van der Waals surface area contributed by atoms with E-state index in [1.165, 1.54) is 0 Å². The van der Waals surface area contributed by atoms with Gasteiger partial charge in [-0.1, -0.05) is 12.1 Å². The molecule has 1 aromatic carbocycles. The zero-order valence-electron chi connectivity index (χ0n) is 11.3. The Hall–Kier alpha value is -2.14. The van der Waals surface area contributed by atoms with E-state index in [2.05, 4.69) is 15.3 Å². The Bertz CT molecular complexity index is 612. The molecule has 0 unspecified atom stereocenters. The summed E-state index contributed by atoms with van der Waals surface area (Å²) in [6.07, 6.45) is 2.29. The average Bonchev–Trinajstić information content (AvgIpc) is 3.31. The molecule has 3 rings (SSSR count). The Morgan fingerprint density at radius 3 is 2.85 bits per heavy atom. The first-order chi connectivity index (χ1) is 9.78. The fraction of sp³-hybridized carbons (Fsp3) is 0.333. The minimum atomic E-state index is -0.00391. The summed E-state index contributed by atoms with van der Waals surface area (Å²) < 4.78 is 5.78. The molecule has 0 spiro atoms. The van der Waals surface area contributed by atoms with Gasteiger partial charge in [-0.25, -0.2) is 4.98 Å². The summed E-state index contributed by atoms with van der Waals surface area (Å²) in [5, 5.41) is 12.2. The number of nitrogens with one attached hydrogen (secondary N) is 1. The van der Waals surface area contributed by atoms with Crippen LogP contribution in [-0.4, -0.2) is 22.1 Å². The van der Waals surface area contributed by atoms with Crippen molar-refractivity contribution in [1.82, 2.24) is 9.97 Å². The van der Waals surface area contributed by atoms with Crippen LogP contribution in [0.25, 0.3) is 0 Å². The third kappa shape index (κ3) is 2.88. The van der Waals surface area contributed by atoms with Crippen molar-refractivity contribution in [3.63, 3.8) is 0 Å². The Kier molecular flexibility index (Phi) is 3.52. The Morgan fingerprint density at radius 2 is 2.15 bits per heavy atom. The van der Waals surface area contributed by atoms with Crippen molar-refractivity contribution in [2.45, 2.75) is 25.4 Å². The van der Waals surface area contributed by atoms with E-state index in [1.807, 2.05) is 25.2 Å². The normalized spacial score (nSPS) is 14.1. The van der Waals surface area contributed by atoms with Gasteiger partial charge >= 0.3 is 0 Å². The van der Waals surface area contributed by atoms with Crippen LogP contribution in [0.2, 0.25) is 0 Å². The van der Waals surface area contributed by atoms with Crippen molar-refractivity contribution in [3.8, 4) is 11.6 Å². The largest absolute Gasteiger partial charge is 0.439 e. The number of hydrogen-bond acceptors (Lipinski definition) is 5. The summed E-state index contributed by atoms with van der Waals surface area (Å²) in [4.78, 5) is 8.91. The molecule has 1 aromatic heterocycles. The first-order valence-corrected chi connectivity index (χ1v) is 6.73. The van der Waals surface area contributed by atoms with Crippen molar-refractivity contribution < 1.29 is 9.84 Å². The molecule has 0 radical (unpaired) electrons. The topological polar surface area (TPSA) is 67.3 Å². The minimum Gasteiger partial charge on any atom is -0.439 e. The number of benzene rings is 1. The van der Waals surface area contributed by atoms with Gasteiger partial charge in [0.25, 0.3) is 0 Å². The zero-order chi connectivity index (χ0) is 13.9. The number of anilines is 1. The van der Waals surface area contributed by atoms with Crippen LogP contribution in [0, 0.1) is 0 Å². The van der Waals surface area contributed by atoms with E-state index in [0.29, 0.717) is 17.5 Å². The highest BCUT2D eigenvalue weighted by Gasteiger charge is 2.27. The molecule has 1 saturated carbocycles. The lowest BCUT2D eigenvalue weighted by molar-refractivity contribution is 0.281. The number of aliphatic hydroxyl groups is 1. The molecular weight excluding hydrogens is 254 g/mol. The lowest BCUT2D eigenvalue weighted by Gasteiger charge is -2.09. The van der Waals surface area contributed by atoms with Crippen molar-refractivity contribution in [3.05, 3.63) is 41.7 Å². The fourth-order valence-electron chi connectivity index (χ4n) is 1.98. The van der Waals surface area contributed by atoms with Gasteiger partial charge in [-0.05, 0) is 30.5 Å². The van der Waals surface area contributed by atoms with Crippen LogP contribution in [0.1, 0.15) is 30.1 Å². The molecule has 1 fully saturated rings. The van der Waals surface area contributed by atoms with Crippen LogP contribution in [0.3, 0.4) is 0 Å². The molecule has 0 saturated heterocycles. The highest BCUT2D eigenvalue weighted by molar-refractivity contribution is 5.40. The van der Waals surface area contributed by atoms with E-state index in [4.69, 9.17) is 9.84 Å². The molecule has 0 amide bonds. The third-order valence-corrected chi connectivity index (χ3v) is 3.22. The monoisotopic (exact) mass is 271 g/mol. The molecule has 5 heteroatoms. The fourth-order valence-corrected chi connectivity index (χ4v) is 1.98. The summed E-state index contributed by atoms with van der Waals surface area (Å²) in [6, 6.07) is 9.12. The molecule has 1 heterocycles. The van der Waals surface area contributed by atoms with Gasteiger partial charge in [-0.3, -0.25) is 0 Å². The van der Waals surface area contributed by atoms with Crippen LogP contribution in [0.15, 0.2) is 30.3 Å². The molecule has 5 nitrogen and oxygen atoms in total. The average molecular weight is 271 g/mol. The van der Waals surface area contributed by atoms with Gasteiger partial charge in [0.1, 0.15) is 17.4 Å². The lowest BCUT2D eigenvalue weighted by Crippen LogP contribution is -2.01. The number of rotatable bonds is 5. The summed E-state index contributed by atoms with van der Waals surface area (Å²) in [6.45, 7) is -0.00391. The van der Waals surface area contributed by atoms with E-state index in [-0.39, 0.29) is 6.61 Å². The maximum absolute atomic E-state index is 9.14. The number of aromatic nitrogens is 2. The summed E-state index contributed by atoms with van der Waals surface area (Å²) in [5.41, 5.74) is 0.813. The predicted molar refractivity (Wildman–Crippen MR) is 76.0 cm³/mol. The Labute approximate surface area is 117 Å². The first-order valence-electron chi connectivity index (χ1n) is 6.73. The van der Waals surface area contributed by atoms with Gasteiger partial charge in [0.2, 0.25) is 5.88 Å². The van der Waals surface area contributed by atoms with Crippen LogP contribution in [0.4, 0.5) is 5.82 Å². The van der Waals surface area contributed by atoms with Crippen LogP contribution < -0.4 is 10.1 Å². The van der Waals surface area contributed by atoms with Crippen molar-refractivity contribution >= 4 is 5.82 Å². The highest BCUT2D eigenvalue weighted by atomic mass is 16.5. The van der Waals surface area contributed by atoms with E-state index in [9.17, 15) is 0 Å². The van der Waals surface area contributed by atoms with Gasteiger partial charge in [0.05, 0.1) is 6.61 Å². The number of ether oxygens (including phenoxy) is 1. The summed E-state index contributed by atoms with van der Waals surface area (Å²) in [5.74, 6) is 3.26. The van der Waals surface area contributed by atoms with Gasteiger partial charge in [0.15, 0.2) is 0 Å². The second-order valence-corrected chi connectivity index (χ2v) is 4.88. The molecule has 2 aromatic rings. The van der Waals surface area contributed by atoms with Crippen LogP contribution in [0.5, 0.6) is 11.6 Å². The number of hydrogen-bond donors (Lipinski definition) is 2. The standard InChI is InChI=1S/C15H17N3O2/c1-16-13-8-14(18-15(17-13)11-5-6-11)20-12-4-2-3-10(7-12)9-19/h2-4,7-8,11,19H,5-6,9H2,1H3,(H,16,17,18). The van der Waals surface area contributed by atoms with Crippen molar-refractivity contribution in [1.29, 1.82) is 0 Å². The maximum Gasteiger partial charge on any atom is 0.224 e. The minimum absolute atomic E-state index is 0.00391. The van der Waals surface area contributed by atoms with Crippen LogP contribution in [-0.2, 0) is 6.61 Å². The third-order valence-electron chi connectivity index (χ3n) is 3.22. The number of aliphatic hydroxyl groups excluding tert-OH is 1. The molecule has 2 N–H and O–H groups in total. The summed E-state index contributed by atoms with van der Waals surface area (Å²) >= 11 is 0. The molecule has 0 aliphatic heterocycles. The zero-order valence-corrected chi connectivity index (χ0v) is 11.3. The Morgan fingerprint density at radius 1 is 1.30 bits per heavy atom. The van der Waals surface area contributed by atoms with E-state index in [1.54, 1.807) is 12.1 Å². The quantitative estimate of drug-likeness (QED) is 0.875. The second kappa shape index (κ2) is 5.46. The van der Waals surface area contributed by atoms with Gasteiger partial charge in [0, 0.05) is 19.0 Å². The van der Waals surface area contributed by atoms with E-state index < -0.39 is 0 Å². The summed E-state index contributed by atoms with van der Waals surface area (Å²) in [7, 11) is 1.83. The predicted octanol–water partition coefficient (Wildman–Crippen LogP) is 2.68.